The Morgan fingerprint density at radius 3 is 2.53 bits per heavy atom. The van der Waals surface area contributed by atoms with Crippen molar-refractivity contribution in [3.05, 3.63) is 0 Å². The smallest absolute Gasteiger partial charge is 0.248 e. The van der Waals surface area contributed by atoms with Crippen LogP contribution in [0.1, 0.15) is 26.2 Å². The molecule has 1 N–H and O–H groups in total. The van der Waals surface area contributed by atoms with Crippen LogP contribution >= 0.6 is 0 Å². The molecule has 0 spiro atoms. The molecule has 0 aromatic carbocycles. The van der Waals surface area contributed by atoms with Gasteiger partial charge in [0.1, 0.15) is 15.4 Å². The van der Waals surface area contributed by atoms with Crippen LogP contribution in [0.4, 0.5) is 0 Å². The first-order chi connectivity index (χ1) is 8.72. The third kappa shape index (κ3) is 3.26. The van der Waals surface area contributed by atoms with Gasteiger partial charge in [0.05, 0.1) is 5.75 Å². The molecule has 2 fully saturated rings. The molecule has 2 aliphatic rings. The van der Waals surface area contributed by atoms with Gasteiger partial charge in [-0.25, -0.2) is 8.42 Å². The van der Waals surface area contributed by atoms with Crippen molar-refractivity contribution in [2.75, 3.05) is 25.1 Å². The monoisotopic (exact) mass is 288 g/mol. The summed E-state index contributed by atoms with van der Waals surface area (Å²) in [4.78, 5) is 25.8. The Hall–Kier alpha value is -1.11. The van der Waals surface area contributed by atoms with E-state index >= 15 is 0 Å². The van der Waals surface area contributed by atoms with Gasteiger partial charge in [0, 0.05) is 25.8 Å². The zero-order valence-electron chi connectivity index (χ0n) is 11.3. The summed E-state index contributed by atoms with van der Waals surface area (Å²) in [5.74, 6) is -0.162. The molecule has 6 nitrogen and oxygen atoms in total. The van der Waals surface area contributed by atoms with Crippen molar-refractivity contribution in [3.63, 3.8) is 0 Å². The Bertz CT molecular complexity index is 498. The number of carbonyl (C=O) groups is 2. The van der Waals surface area contributed by atoms with Crippen molar-refractivity contribution >= 4 is 21.7 Å². The van der Waals surface area contributed by atoms with Gasteiger partial charge in [0.15, 0.2) is 0 Å². The highest BCUT2D eigenvalue weighted by atomic mass is 32.2. The normalized spacial score (nSPS) is 29.1. The third-order valence-electron chi connectivity index (χ3n) is 3.87. The number of carbonyl (C=O) groups excluding carboxylic acids is 2. The molecule has 1 aliphatic carbocycles. The average molecular weight is 288 g/mol. The lowest BCUT2D eigenvalue weighted by atomic mass is 9.94. The van der Waals surface area contributed by atoms with E-state index < -0.39 is 15.4 Å². The minimum Gasteiger partial charge on any atom is -0.342 e. The van der Waals surface area contributed by atoms with Crippen molar-refractivity contribution in [3.8, 4) is 0 Å². The Labute approximate surface area is 113 Å². The first-order valence-electron chi connectivity index (χ1n) is 6.50. The van der Waals surface area contributed by atoms with E-state index in [0.29, 0.717) is 6.54 Å². The van der Waals surface area contributed by atoms with Gasteiger partial charge in [0.25, 0.3) is 0 Å². The van der Waals surface area contributed by atoms with Gasteiger partial charge in [-0.15, -0.1) is 0 Å². The van der Waals surface area contributed by atoms with Crippen LogP contribution in [0.5, 0.6) is 0 Å². The molecule has 1 unspecified atom stereocenters. The fourth-order valence-corrected chi connectivity index (χ4v) is 3.05. The van der Waals surface area contributed by atoms with Crippen LogP contribution in [0, 0.1) is 5.92 Å². The SMILES string of the molecule is CC1(C2CC2)NC(=O)CCN(CCS(C)(=O)=O)C1=O. The summed E-state index contributed by atoms with van der Waals surface area (Å²) < 4.78 is 22.4. The molecule has 1 heterocycles. The zero-order valence-corrected chi connectivity index (χ0v) is 12.1. The first kappa shape index (κ1) is 14.3. The lowest BCUT2D eigenvalue weighted by Gasteiger charge is -2.32. The number of hydrogen-bond donors (Lipinski definition) is 1. The second kappa shape index (κ2) is 4.77. The van der Waals surface area contributed by atoms with Crippen molar-refractivity contribution in [1.82, 2.24) is 10.2 Å². The largest absolute Gasteiger partial charge is 0.342 e. The Morgan fingerprint density at radius 2 is 2.00 bits per heavy atom. The lowest BCUT2D eigenvalue weighted by Crippen LogP contribution is -2.57. The maximum Gasteiger partial charge on any atom is 0.248 e. The number of sulfone groups is 1. The molecule has 0 aromatic rings. The van der Waals surface area contributed by atoms with Crippen molar-refractivity contribution < 1.29 is 18.0 Å². The third-order valence-corrected chi connectivity index (χ3v) is 4.79. The van der Waals surface area contributed by atoms with Gasteiger partial charge in [-0.05, 0) is 25.7 Å². The van der Waals surface area contributed by atoms with Crippen LogP contribution in [0.25, 0.3) is 0 Å². The maximum atomic E-state index is 12.5. The molecule has 108 valence electrons. The van der Waals surface area contributed by atoms with Gasteiger partial charge in [0.2, 0.25) is 11.8 Å². The van der Waals surface area contributed by atoms with E-state index in [1.54, 1.807) is 6.92 Å². The predicted molar refractivity (Wildman–Crippen MR) is 70.2 cm³/mol. The van der Waals surface area contributed by atoms with Crippen LogP contribution in [0.15, 0.2) is 0 Å². The molecule has 7 heteroatoms. The Morgan fingerprint density at radius 1 is 1.37 bits per heavy atom. The van der Waals surface area contributed by atoms with E-state index in [-0.39, 0.29) is 36.5 Å². The molecular weight excluding hydrogens is 268 g/mol. The average Bonchev–Trinajstić information content (AvgIpc) is 3.09. The maximum absolute atomic E-state index is 12.5. The second-order valence-corrected chi connectivity index (χ2v) is 7.96. The van der Waals surface area contributed by atoms with Crippen molar-refractivity contribution in [2.45, 2.75) is 31.7 Å². The topological polar surface area (TPSA) is 83.6 Å². The van der Waals surface area contributed by atoms with E-state index in [1.165, 1.54) is 4.90 Å². The molecule has 2 rings (SSSR count). The molecule has 1 saturated heterocycles. The predicted octanol–water partition coefficient (Wildman–Crippen LogP) is -0.452. The fraction of sp³-hybridized carbons (Fsp3) is 0.833. The number of nitrogens with zero attached hydrogens (tertiary/aromatic N) is 1. The van der Waals surface area contributed by atoms with Gasteiger partial charge < -0.3 is 10.2 Å². The summed E-state index contributed by atoms with van der Waals surface area (Å²) in [6.45, 7) is 2.21. The molecule has 0 bridgehead atoms. The quantitative estimate of drug-likeness (QED) is 0.759. The Balaban J connectivity index is 2.14. The van der Waals surface area contributed by atoms with E-state index in [9.17, 15) is 18.0 Å². The fourth-order valence-electron chi connectivity index (χ4n) is 2.50. The molecule has 19 heavy (non-hydrogen) atoms. The van der Waals surface area contributed by atoms with Crippen LogP contribution in [-0.2, 0) is 19.4 Å². The van der Waals surface area contributed by atoms with Crippen LogP contribution in [-0.4, -0.2) is 55.8 Å². The first-order valence-corrected chi connectivity index (χ1v) is 8.56. The molecule has 0 aromatic heterocycles. The molecule has 1 atom stereocenters. The van der Waals surface area contributed by atoms with E-state index in [2.05, 4.69) is 5.32 Å². The Kier molecular flexibility index (Phi) is 3.59. The van der Waals surface area contributed by atoms with E-state index in [1.807, 2.05) is 0 Å². The summed E-state index contributed by atoms with van der Waals surface area (Å²) in [7, 11) is -3.11. The number of hydrogen-bond acceptors (Lipinski definition) is 4. The van der Waals surface area contributed by atoms with E-state index in [0.717, 1.165) is 19.1 Å². The highest BCUT2D eigenvalue weighted by Crippen LogP contribution is 2.41. The second-order valence-electron chi connectivity index (χ2n) is 5.70. The van der Waals surface area contributed by atoms with Gasteiger partial charge in [-0.2, -0.15) is 0 Å². The lowest BCUT2D eigenvalue weighted by molar-refractivity contribution is -0.138. The van der Waals surface area contributed by atoms with E-state index in [4.69, 9.17) is 0 Å². The van der Waals surface area contributed by atoms with Crippen LogP contribution in [0.2, 0.25) is 0 Å². The summed E-state index contributed by atoms with van der Waals surface area (Å²) in [5.41, 5.74) is -0.856. The minimum atomic E-state index is -3.11. The van der Waals surface area contributed by atoms with Crippen molar-refractivity contribution in [1.29, 1.82) is 0 Å². The number of rotatable bonds is 4. The molecule has 1 saturated carbocycles. The van der Waals surface area contributed by atoms with Crippen molar-refractivity contribution in [2.24, 2.45) is 5.92 Å². The number of amides is 2. The van der Waals surface area contributed by atoms with Gasteiger partial charge >= 0.3 is 0 Å². The van der Waals surface area contributed by atoms with Crippen LogP contribution < -0.4 is 5.32 Å². The molecule has 2 amide bonds. The zero-order chi connectivity index (χ0) is 14.3. The highest BCUT2D eigenvalue weighted by molar-refractivity contribution is 7.90. The summed E-state index contributed by atoms with van der Waals surface area (Å²) in [6.07, 6.45) is 3.25. The summed E-state index contributed by atoms with van der Waals surface area (Å²) in [6, 6.07) is 0. The minimum absolute atomic E-state index is 0.0618. The highest BCUT2D eigenvalue weighted by Gasteiger charge is 2.50. The molecule has 1 aliphatic heterocycles. The molecular formula is C12H20N2O4S. The van der Waals surface area contributed by atoms with Gasteiger partial charge in [-0.3, -0.25) is 9.59 Å². The summed E-state index contributed by atoms with van der Waals surface area (Å²) in [5, 5.41) is 2.81. The van der Waals surface area contributed by atoms with Gasteiger partial charge in [-0.1, -0.05) is 0 Å². The number of nitrogens with one attached hydrogen (secondary N) is 1. The summed E-state index contributed by atoms with van der Waals surface area (Å²) >= 11 is 0. The standard InChI is InChI=1S/C12H20N2O4S/c1-12(9-3-4-9)11(16)14(6-5-10(15)13-12)7-8-19(2,17)18/h9H,3-8H2,1-2H3,(H,13,15). The molecule has 0 radical (unpaired) electrons. The van der Waals surface area contributed by atoms with Crippen LogP contribution in [0.3, 0.4) is 0 Å².